The van der Waals surface area contributed by atoms with Crippen molar-refractivity contribution in [3.05, 3.63) is 0 Å². The average Bonchev–Trinajstić information content (AvgIpc) is 3.06. The topological polar surface area (TPSA) is 179 Å². The molecular formula is C24H44O11. The highest BCUT2D eigenvalue weighted by atomic mass is 16.7. The maximum Gasteiger partial charge on any atom is 0.186 e. The van der Waals surface area contributed by atoms with Crippen LogP contribution in [0.2, 0.25) is 0 Å². The first-order valence-electron chi connectivity index (χ1n) is 12.6. The molecule has 35 heavy (non-hydrogen) atoms. The van der Waals surface area contributed by atoms with E-state index in [9.17, 15) is 35.7 Å². The summed E-state index contributed by atoms with van der Waals surface area (Å²) in [5.41, 5.74) is -1.86. The summed E-state index contributed by atoms with van der Waals surface area (Å²) in [5, 5.41) is 70.6. The molecule has 0 aromatic heterocycles. The second-order valence-corrected chi connectivity index (χ2v) is 11.4. The van der Waals surface area contributed by atoms with Gasteiger partial charge in [-0.1, -0.05) is 20.8 Å². The Labute approximate surface area is 206 Å². The Morgan fingerprint density at radius 3 is 2.31 bits per heavy atom. The lowest BCUT2D eigenvalue weighted by Crippen LogP contribution is -2.60. The van der Waals surface area contributed by atoms with Crippen molar-refractivity contribution in [3.8, 4) is 0 Å². The maximum absolute atomic E-state index is 10.4. The van der Waals surface area contributed by atoms with Gasteiger partial charge in [0.05, 0.1) is 32.0 Å². The minimum absolute atomic E-state index is 0.00451. The van der Waals surface area contributed by atoms with E-state index in [-0.39, 0.29) is 30.8 Å². The van der Waals surface area contributed by atoms with E-state index < -0.39 is 55.3 Å². The lowest BCUT2D eigenvalue weighted by molar-refractivity contribution is -0.318. The van der Waals surface area contributed by atoms with E-state index in [1.807, 2.05) is 6.92 Å². The van der Waals surface area contributed by atoms with Crippen molar-refractivity contribution in [2.24, 2.45) is 17.3 Å². The summed E-state index contributed by atoms with van der Waals surface area (Å²) in [6.07, 6.45) is -7.09. The molecule has 0 amide bonds. The van der Waals surface area contributed by atoms with Gasteiger partial charge in [0.1, 0.15) is 36.1 Å². The largest absolute Gasteiger partial charge is 0.393 e. The molecular weight excluding hydrogens is 464 g/mol. The molecule has 206 valence electrons. The second kappa shape index (κ2) is 11.5. The number of ether oxygens (including phenoxy) is 4. The van der Waals surface area contributed by atoms with Crippen molar-refractivity contribution in [3.63, 3.8) is 0 Å². The third-order valence-corrected chi connectivity index (χ3v) is 8.02. The van der Waals surface area contributed by atoms with Crippen molar-refractivity contribution >= 4 is 0 Å². The van der Waals surface area contributed by atoms with Crippen LogP contribution in [0.25, 0.3) is 0 Å². The highest BCUT2D eigenvalue weighted by Crippen LogP contribution is 2.46. The van der Waals surface area contributed by atoms with Gasteiger partial charge in [-0.3, -0.25) is 0 Å². The van der Waals surface area contributed by atoms with E-state index in [1.165, 1.54) is 0 Å². The van der Waals surface area contributed by atoms with Gasteiger partial charge >= 0.3 is 0 Å². The minimum Gasteiger partial charge on any atom is -0.393 e. The molecule has 3 fully saturated rings. The van der Waals surface area contributed by atoms with Crippen molar-refractivity contribution in [1.29, 1.82) is 0 Å². The van der Waals surface area contributed by atoms with Crippen LogP contribution in [0.5, 0.6) is 0 Å². The molecule has 2 aliphatic heterocycles. The molecule has 1 aliphatic carbocycles. The van der Waals surface area contributed by atoms with Gasteiger partial charge in [-0.15, -0.1) is 0 Å². The lowest BCUT2D eigenvalue weighted by Gasteiger charge is -2.45. The number of aliphatic hydroxyl groups excluding tert-OH is 6. The average molecular weight is 509 g/mol. The van der Waals surface area contributed by atoms with Crippen LogP contribution in [-0.4, -0.2) is 116 Å². The van der Waals surface area contributed by atoms with E-state index in [2.05, 4.69) is 20.8 Å². The van der Waals surface area contributed by atoms with Crippen molar-refractivity contribution in [2.45, 2.75) is 114 Å². The standard InChI is InChI=1S/C24H44O11/c1-12-7-14(26)8-23(3,4)15(12)6-5-13(2)34-21-19(29)18(28)17(27)16(35-21)9-32-22-20(30)24(31,10-25)11-33-22/h12-22,25-31H,5-11H2,1-4H3/t12-,13+,14-,15+,16+,17+,18-,19+,20-,21+,22+,24+/m0/s1. The fourth-order valence-electron chi connectivity index (χ4n) is 5.88. The fourth-order valence-corrected chi connectivity index (χ4v) is 5.88. The summed E-state index contributed by atoms with van der Waals surface area (Å²) in [7, 11) is 0. The van der Waals surface area contributed by atoms with Gasteiger partial charge in [-0.2, -0.15) is 0 Å². The molecule has 0 spiro atoms. The molecule has 0 aromatic rings. The van der Waals surface area contributed by atoms with E-state index in [4.69, 9.17) is 18.9 Å². The van der Waals surface area contributed by atoms with Gasteiger partial charge in [-0.05, 0) is 49.9 Å². The summed E-state index contributed by atoms with van der Waals surface area (Å²) in [6.45, 7) is 6.99. The number of hydrogen-bond donors (Lipinski definition) is 7. The quantitative estimate of drug-likeness (QED) is 0.200. The molecule has 12 atom stereocenters. The number of hydrogen-bond acceptors (Lipinski definition) is 11. The Hall–Kier alpha value is -0.440. The van der Waals surface area contributed by atoms with Gasteiger partial charge in [0.2, 0.25) is 0 Å². The Morgan fingerprint density at radius 2 is 1.71 bits per heavy atom. The smallest absolute Gasteiger partial charge is 0.186 e. The third kappa shape index (κ3) is 6.53. The summed E-state index contributed by atoms with van der Waals surface area (Å²) in [4.78, 5) is 0. The second-order valence-electron chi connectivity index (χ2n) is 11.4. The van der Waals surface area contributed by atoms with Crippen LogP contribution in [0.1, 0.15) is 53.4 Å². The van der Waals surface area contributed by atoms with Gasteiger partial charge < -0.3 is 54.7 Å². The Kier molecular flexibility index (Phi) is 9.59. The van der Waals surface area contributed by atoms with E-state index in [0.717, 1.165) is 19.3 Å². The van der Waals surface area contributed by atoms with Crippen molar-refractivity contribution < 1.29 is 54.7 Å². The fraction of sp³-hybridized carbons (Fsp3) is 1.00. The van der Waals surface area contributed by atoms with Crippen LogP contribution in [0, 0.1) is 17.3 Å². The van der Waals surface area contributed by atoms with Gasteiger partial charge in [0.25, 0.3) is 0 Å². The normalized spacial score (nSPS) is 47.1. The van der Waals surface area contributed by atoms with Crippen molar-refractivity contribution in [1.82, 2.24) is 0 Å². The Balaban J connectivity index is 1.53. The first-order valence-corrected chi connectivity index (χ1v) is 12.6. The first kappa shape index (κ1) is 29.1. The molecule has 11 nitrogen and oxygen atoms in total. The zero-order valence-corrected chi connectivity index (χ0v) is 21.1. The van der Waals surface area contributed by atoms with Crippen molar-refractivity contribution in [2.75, 3.05) is 19.8 Å². The summed E-state index contributed by atoms with van der Waals surface area (Å²) in [5.74, 6) is 0.769. The summed E-state index contributed by atoms with van der Waals surface area (Å²) in [6, 6.07) is 0. The molecule has 1 saturated carbocycles. The molecule has 7 N–H and O–H groups in total. The zero-order chi connectivity index (χ0) is 26.1. The first-order chi connectivity index (χ1) is 16.3. The number of rotatable bonds is 9. The molecule has 0 bridgehead atoms. The van der Waals surface area contributed by atoms with Crippen LogP contribution in [0.3, 0.4) is 0 Å². The number of aliphatic hydroxyl groups is 7. The highest BCUT2D eigenvalue weighted by molar-refractivity contribution is 4.95. The Bertz CT molecular complexity index is 678. The van der Waals surface area contributed by atoms with E-state index in [0.29, 0.717) is 18.3 Å². The highest BCUT2D eigenvalue weighted by Gasteiger charge is 2.50. The maximum atomic E-state index is 10.4. The summed E-state index contributed by atoms with van der Waals surface area (Å²) >= 11 is 0. The van der Waals surface area contributed by atoms with E-state index >= 15 is 0 Å². The Morgan fingerprint density at radius 1 is 1.03 bits per heavy atom. The predicted molar refractivity (Wildman–Crippen MR) is 122 cm³/mol. The third-order valence-electron chi connectivity index (χ3n) is 8.02. The molecule has 11 heteroatoms. The van der Waals surface area contributed by atoms with Gasteiger partial charge in [-0.25, -0.2) is 0 Å². The minimum atomic E-state index is -1.85. The van der Waals surface area contributed by atoms with Gasteiger partial charge in [0, 0.05) is 0 Å². The molecule has 3 aliphatic rings. The molecule has 2 saturated heterocycles. The summed E-state index contributed by atoms with van der Waals surface area (Å²) < 4.78 is 22.2. The molecule has 2 heterocycles. The van der Waals surface area contributed by atoms with E-state index in [1.54, 1.807) is 0 Å². The predicted octanol–water partition coefficient (Wildman–Crippen LogP) is -1.13. The molecule has 0 aromatic carbocycles. The SMILES string of the molecule is C[C@H](CC[C@@H]1[C@@H](C)C[C@H](O)CC1(C)C)O[C@@H]1O[C@H](CO[C@@H]2OC[C@](O)(CO)[C@H]2O)[C@@H](O)[C@H](O)[C@H]1O. The monoisotopic (exact) mass is 508 g/mol. The van der Waals surface area contributed by atoms with Crippen LogP contribution in [0.15, 0.2) is 0 Å². The van der Waals surface area contributed by atoms with Crippen LogP contribution < -0.4 is 0 Å². The van der Waals surface area contributed by atoms with Crippen LogP contribution >= 0.6 is 0 Å². The molecule has 3 rings (SSSR count). The van der Waals surface area contributed by atoms with Gasteiger partial charge in [0.15, 0.2) is 12.6 Å². The van der Waals surface area contributed by atoms with Crippen LogP contribution in [0.4, 0.5) is 0 Å². The van der Waals surface area contributed by atoms with Crippen LogP contribution in [-0.2, 0) is 18.9 Å². The lowest BCUT2D eigenvalue weighted by atomic mass is 9.61. The molecule has 0 unspecified atom stereocenters. The molecule has 0 radical (unpaired) electrons. The zero-order valence-electron chi connectivity index (χ0n) is 21.1.